The quantitative estimate of drug-likeness (QED) is 0.651. The Morgan fingerprint density at radius 2 is 1.79 bits per heavy atom. The van der Waals surface area contributed by atoms with Crippen LogP contribution < -0.4 is 5.32 Å². The van der Waals surface area contributed by atoms with E-state index >= 15 is 0 Å². The zero-order valence-corrected chi connectivity index (χ0v) is 13.3. The molecular weight excluding hydrogens is 318 g/mol. The lowest BCUT2D eigenvalue weighted by atomic mass is 10.1. The molecule has 10 nitrogen and oxygen atoms in total. The number of nitrogens with zero attached hydrogens (tertiary/aromatic N) is 4. The fraction of sp³-hybridized carbons (Fsp3) is 0.357. The van der Waals surface area contributed by atoms with Crippen LogP contribution in [0.1, 0.15) is 32.1 Å². The van der Waals surface area contributed by atoms with Crippen molar-refractivity contribution in [1.82, 2.24) is 24.9 Å². The number of carboxylic acids is 2. The number of aromatic carboxylic acids is 1. The van der Waals surface area contributed by atoms with E-state index in [0.717, 1.165) is 16.6 Å². The molecule has 2 aromatic heterocycles. The molecule has 2 rings (SSSR count). The summed E-state index contributed by atoms with van der Waals surface area (Å²) in [5.41, 5.74) is 0.948. The number of carbonyl (C=O) groups is 3. The van der Waals surface area contributed by atoms with Crippen molar-refractivity contribution in [2.75, 3.05) is 0 Å². The van der Waals surface area contributed by atoms with Crippen LogP contribution in [0.15, 0.2) is 12.4 Å². The summed E-state index contributed by atoms with van der Waals surface area (Å²) in [4.78, 5) is 34.9. The highest BCUT2D eigenvalue weighted by Crippen LogP contribution is 2.11. The molecule has 2 heterocycles. The molecule has 0 radical (unpaired) electrons. The summed E-state index contributed by atoms with van der Waals surface area (Å²) in [6.45, 7) is 1.78. The molecule has 0 bridgehead atoms. The van der Waals surface area contributed by atoms with E-state index in [9.17, 15) is 19.5 Å². The van der Waals surface area contributed by atoms with Gasteiger partial charge in [-0.2, -0.15) is 10.2 Å². The number of aryl methyl sites for hydroxylation is 2. The Morgan fingerprint density at radius 1 is 1.17 bits per heavy atom. The standard InChI is InChI=1S/C14H17N5O5/c1-7-8(5-15-18(7)2)4-10(14(23)24)17-12(20)11-9(13(21)22)6-16-19(11)3/h5-6,10H,4H2,1-3H3,(H,17,20)(H,21,22)(H,23,24)/t10-/m0/s1. The Morgan fingerprint density at radius 3 is 2.29 bits per heavy atom. The SMILES string of the molecule is Cc1c(C[C@H](NC(=O)c2c(C(=O)O)cnn2C)C(=O)O)cnn1C. The minimum atomic E-state index is -1.32. The highest BCUT2D eigenvalue weighted by molar-refractivity contribution is 6.04. The third-order valence-electron chi connectivity index (χ3n) is 3.75. The molecule has 0 aliphatic heterocycles. The van der Waals surface area contributed by atoms with E-state index < -0.39 is 23.9 Å². The zero-order valence-electron chi connectivity index (χ0n) is 13.3. The van der Waals surface area contributed by atoms with Gasteiger partial charge in [0.1, 0.15) is 17.3 Å². The van der Waals surface area contributed by atoms with Crippen LogP contribution in [0.3, 0.4) is 0 Å². The number of amides is 1. The summed E-state index contributed by atoms with van der Waals surface area (Å²) in [6.07, 6.45) is 2.60. The summed E-state index contributed by atoms with van der Waals surface area (Å²) in [7, 11) is 3.13. The van der Waals surface area contributed by atoms with Crippen LogP contribution >= 0.6 is 0 Å². The van der Waals surface area contributed by atoms with Gasteiger partial charge in [-0.3, -0.25) is 14.2 Å². The second-order valence-corrected chi connectivity index (χ2v) is 5.28. The summed E-state index contributed by atoms with van der Waals surface area (Å²) in [5.74, 6) is -3.37. The monoisotopic (exact) mass is 335 g/mol. The van der Waals surface area contributed by atoms with E-state index in [0.29, 0.717) is 5.56 Å². The Hall–Kier alpha value is -3.17. The van der Waals surface area contributed by atoms with Crippen LogP contribution in [0, 0.1) is 6.92 Å². The number of aliphatic carboxylic acids is 1. The molecular formula is C14H17N5O5. The fourth-order valence-corrected chi connectivity index (χ4v) is 2.25. The molecule has 128 valence electrons. The Kier molecular flexibility index (Phi) is 4.67. The van der Waals surface area contributed by atoms with E-state index in [2.05, 4.69) is 15.5 Å². The number of carboxylic acid groups (broad SMARTS) is 2. The minimum Gasteiger partial charge on any atom is -0.480 e. The zero-order chi connectivity index (χ0) is 18.0. The van der Waals surface area contributed by atoms with Crippen LogP contribution in [0.4, 0.5) is 0 Å². The van der Waals surface area contributed by atoms with Gasteiger partial charge in [-0.15, -0.1) is 0 Å². The van der Waals surface area contributed by atoms with Crippen molar-refractivity contribution in [3.05, 3.63) is 34.9 Å². The molecule has 0 aromatic carbocycles. The second kappa shape index (κ2) is 6.52. The van der Waals surface area contributed by atoms with Gasteiger partial charge in [-0.05, 0) is 12.5 Å². The molecule has 10 heteroatoms. The lowest BCUT2D eigenvalue weighted by Crippen LogP contribution is -2.43. The van der Waals surface area contributed by atoms with E-state index in [4.69, 9.17) is 5.11 Å². The average molecular weight is 335 g/mol. The van der Waals surface area contributed by atoms with Crippen molar-refractivity contribution in [2.24, 2.45) is 14.1 Å². The number of nitrogens with one attached hydrogen (secondary N) is 1. The van der Waals surface area contributed by atoms with Crippen molar-refractivity contribution in [3.8, 4) is 0 Å². The van der Waals surface area contributed by atoms with E-state index in [1.165, 1.54) is 13.2 Å². The van der Waals surface area contributed by atoms with Crippen LogP contribution in [0.25, 0.3) is 0 Å². The van der Waals surface area contributed by atoms with Gasteiger partial charge in [0, 0.05) is 26.2 Å². The van der Waals surface area contributed by atoms with E-state index in [1.54, 1.807) is 18.7 Å². The van der Waals surface area contributed by atoms with Gasteiger partial charge in [-0.1, -0.05) is 0 Å². The van der Waals surface area contributed by atoms with Gasteiger partial charge in [0.05, 0.1) is 12.4 Å². The summed E-state index contributed by atoms with van der Waals surface area (Å²) < 4.78 is 2.69. The molecule has 0 aliphatic carbocycles. The second-order valence-electron chi connectivity index (χ2n) is 5.28. The number of carbonyl (C=O) groups excluding carboxylic acids is 1. The molecule has 2 aromatic rings. The molecule has 0 saturated heterocycles. The van der Waals surface area contributed by atoms with Gasteiger partial charge >= 0.3 is 11.9 Å². The first-order valence-electron chi connectivity index (χ1n) is 6.98. The molecule has 0 aliphatic rings. The fourth-order valence-electron chi connectivity index (χ4n) is 2.25. The Bertz CT molecular complexity index is 807. The predicted molar refractivity (Wildman–Crippen MR) is 80.7 cm³/mol. The van der Waals surface area contributed by atoms with Crippen molar-refractivity contribution in [2.45, 2.75) is 19.4 Å². The molecule has 0 spiro atoms. The molecule has 0 saturated carbocycles. The topological polar surface area (TPSA) is 139 Å². The lowest BCUT2D eigenvalue weighted by Gasteiger charge is -2.15. The molecule has 1 atom stereocenters. The van der Waals surface area contributed by atoms with Gasteiger partial charge in [0.15, 0.2) is 0 Å². The highest BCUT2D eigenvalue weighted by Gasteiger charge is 2.27. The Balaban J connectivity index is 2.24. The summed E-state index contributed by atoms with van der Waals surface area (Å²) >= 11 is 0. The first-order valence-corrected chi connectivity index (χ1v) is 6.98. The number of rotatable bonds is 6. The van der Waals surface area contributed by atoms with Crippen LogP contribution in [-0.4, -0.2) is 53.7 Å². The highest BCUT2D eigenvalue weighted by atomic mass is 16.4. The molecule has 3 N–H and O–H groups in total. The minimum absolute atomic E-state index is 0.0288. The number of aromatic nitrogens is 4. The third kappa shape index (κ3) is 3.26. The first-order chi connectivity index (χ1) is 11.2. The maximum Gasteiger partial charge on any atom is 0.339 e. The average Bonchev–Trinajstić information content (AvgIpc) is 3.03. The maximum atomic E-state index is 12.3. The van der Waals surface area contributed by atoms with Crippen molar-refractivity contribution in [3.63, 3.8) is 0 Å². The van der Waals surface area contributed by atoms with E-state index in [-0.39, 0.29) is 17.7 Å². The molecule has 1 amide bonds. The van der Waals surface area contributed by atoms with Crippen molar-refractivity contribution >= 4 is 17.8 Å². The van der Waals surface area contributed by atoms with Gasteiger partial charge in [0.2, 0.25) is 0 Å². The summed E-state index contributed by atoms with van der Waals surface area (Å²) in [6, 6.07) is -1.23. The summed E-state index contributed by atoms with van der Waals surface area (Å²) in [5, 5.41) is 28.5. The smallest absolute Gasteiger partial charge is 0.339 e. The molecule has 0 unspecified atom stereocenters. The van der Waals surface area contributed by atoms with Crippen LogP contribution in [0.5, 0.6) is 0 Å². The normalized spacial score (nSPS) is 12.0. The largest absolute Gasteiger partial charge is 0.480 e. The van der Waals surface area contributed by atoms with Crippen molar-refractivity contribution < 1.29 is 24.6 Å². The third-order valence-corrected chi connectivity index (χ3v) is 3.75. The van der Waals surface area contributed by atoms with Gasteiger partial charge < -0.3 is 15.5 Å². The molecule has 0 fully saturated rings. The predicted octanol–water partition coefficient (Wildman–Crippen LogP) is -0.414. The first kappa shape index (κ1) is 17.2. The lowest BCUT2D eigenvalue weighted by molar-refractivity contribution is -0.139. The molecule has 24 heavy (non-hydrogen) atoms. The van der Waals surface area contributed by atoms with E-state index in [1.807, 2.05) is 0 Å². The maximum absolute atomic E-state index is 12.3. The Labute approximate surface area is 136 Å². The van der Waals surface area contributed by atoms with Gasteiger partial charge in [0.25, 0.3) is 5.91 Å². The van der Waals surface area contributed by atoms with Crippen LogP contribution in [-0.2, 0) is 25.3 Å². The van der Waals surface area contributed by atoms with Crippen LogP contribution in [0.2, 0.25) is 0 Å². The van der Waals surface area contributed by atoms with Gasteiger partial charge in [-0.25, -0.2) is 9.59 Å². The number of hydrogen-bond acceptors (Lipinski definition) is 5. The van der Waals surface area contributed by atoms with Crippen molar-refractivity contribution in [1.29, 1.82) is 0 Å². The number of hydrogen-bond donors (Lipinski definition) is 3.